The van der Waals surface area contributed by atoms with E-state index in [1.165, 1.54) is 17.4 Å². The van der Waals surface area contributed by atoms with Crippen LogP contribution in [0.2, 0.25) is 5.02 Å². The third-order valence-corrected chi connectivity index (χ3v) is 4.31. The van der Waals surface area contributed by atoms with Gasteiger partial charge in [0, 0.05) is 11.1 Å². The molecule has 20 heavy (non-hydrogen) atoms. The van der Waals surface area contributed by atoms with Crippen molar-refractivity contribution in [3.8, 4) is 0 Å². The summed E-state index contributed by atoms with van der Waals surface area (Å²) >= 11 is 8.76. The van der Waals surface area contributed by atoms with Crippen LogP contribution in [0.4, 0.5) is 5.13 Å². The number of amides is 1. The first-order chi connectivity index (χ1) is 9.67. The van der Waals surface area contributed by atoms with Gasteiger partial charge in [-0.1, -0.05) is 53.8 Å². The summed E-state index contributed by atoms with van der Waals surface area (Å²) in [5.74, 6) is 0.697. The van der Waals surface area contributed by atoms with Gasteiger partial charge in [0.1, 0.15) is 0 Å². The summed E-state index contributed by atoms with van der Waals surface area (Å²) in [4.78, 5) is 11.7. The number of nitrogens with one attached hydrogen (secondary N) is 1. The minimum Gasteiger partial charge on any atom is -0.297 e. The lowest BCUT2D eigenvalue weighted by Crippen LogP contribution is -2.07. The van der Waals surface area contributed by atoms with Gasteiger partial charge in [0.25, 0.3) is 0 Å². The third-order valence-electron chi connectivity index (χ3n) is 2.20. The quantitative estimate of drug-likeness (QED) is 0.513. The number of aromatic nitrogens is 2. The molecule has 7 heteroatoms. The number of anilines is 1. The zero-order valence-electron chi connectivity index (χ0n) is 10.7. The largest absolute Gasteiger partial charge is 0.297 e. The fraction of sp³-hybridized carbons (Fsp3) is 0.154. The van der Waals surface area contributed by atoms with Crippen molar-refractivity contribution in [1.82, 2.24) is 10.2 Å². The lowest BCUT2D eigenvalue weighted by Gasteiger charge is -1.95. The summed E-state index contributed by atoms with van der Waals surface area (Å²) in [7, 11) is 0. The molecule has 1 aromatic carbocycles. The van der Waals surface area contributed by atoms with E-state index in [0.717, 1.165) is 15.7 Å². The second kappa shape index (κ2) is 7.42. The summed E-state index contributed by atoms with van der Waals surface area (Å²) in [5, 5.41) is 11.7. The number of halogens is 1. The van der Waals surface area contributed by atoms with E-state index in [1.54, 1.807) is 30.0 Å². The van der Waals surface area contributed by atoms with E-state index in [1.807, 2.05) is 19.1 Å². The molecule has 0 saturated carbocycles. The van der Waals surface area contributed by atoms with Crippen molar-refractivity contribution < 1.29 is 4.79 Å². The van der Waals surface area contributed by atoms with Gasteiger partial charge in [-0.2, -0.15) is 0 Å². The summed E-state index contributed by atoms with van der Waals surface area (Å²) < 4.78 is 0.851. The highest BCUT2D eigenvalue weighted by molar-refractivity contribution is 8.01. The Bertz CT molecular complexity index is 610. The van der Waals surface area contributed by atoms with Crippen molar-refractivity contribution in [2.75, 3.05) is 11.1 Å². The first-order valence-corrected chi connectivity index (χ1v) is 8.06. The molecule has 1 amide bonds. The molecule has 2 rings (SSSR count). The van der Waals surface area contributed by atoms with Crippen LogP contribution in [0.5, 0.6) is 0 Å². The molecule has 0 aliphatic rings. The average molecular weight is 326 g/mol. The first-order valence-electron chi connectivity index (χ1n) is 5.88. The molecule has 0 aliphatic carbocycles. The average Bonchev–Trinajstić information content (AvgIpc) is 2.86. The van der Waals surface area contributed by atoms with Crippen LogP contribution in [0.25, 0.3) is 6.08 Å². The Kier molecular flexibility index (Phi) is 5.58. The Morgan fingerprint density at radius 2 is 2.15 bits per heavy atom. The maximum absolute atomic E-state index is 11.7. The first kappa shape index (κ1) is 15.0. The van der Waals surface area contributed by atoms with Crippen molar-refractivity contribution in [3.05, 3.63) is 40.9 Å². The van der Waals surface area contributed by atoms with Crippen molar-refractivity contribution >= 4 is 51.8 Å². The smallest absolute Gasteiger partial charge is 0.250 e. The fourth-order valence-electron chi connectivity index (χ4n) is 1.33. The minimum absolute atomic E-state index is 0.232. The van der Waals surface area contributed by atoms with Gasteiger partial charge in [0.2, 0.25) is 11.0 Å². The van der Waals surface area contributed by atoms with Crippen molar-refractivity contribution in [2.45, 2.75) is 11.3 Å². The number of nitrogens with zero attached hydrogens (tertiary/aromatic N) is 2. The van der Waals surface area contributed by atoms with E-state index in [-0.39, 0.29) is 5.91 Å². The topological polar surface area (TPSA) is 54.9 Å². The highest BCUT2D eigenvalue weighted by atomic mass is 35.5. The Balaban J connectivity index is 1.92. The van der Waals surface area contributed by atoms with E-state index in [2.05, 4.69) is 15.5 Å². The molecule has 0 aliphatic heterocycles. The molecule has 0 atom stereocenters. The molecule has 0 saturated heterocycles. The van der Waals surface area contributed by atoms with Gasteiger partial charge in [-0.3, -0.25) is 10.1 Å². The van der Waals surface area contributed by atoms with Crippen molar-refractivity contribution in [2.24, 2.45) is 0 Å². The maximum Gasteiger partial charge on any atom is 0.250 e. The van der Waals surface area contributed by atoms with Gasteiger partial charge in [-0.05, 0) is 29.5 Å². The highest BCUT2D eigenvalue weighted by Crippen LogP contribution is 2.24. The van der Waals surface area contributed by atoms with E-state index in [4.69, 9.17) is 11.6 Å². The Hall–Kier alpha value is -1.37. The fourth-order valence-corrected chi connectivity index (χ4v) is 3.11. The van der Waals surface area contributed by atoms with Gasteiger partial charge >= 0.3 is 0 Å². The van der Waals surface area contributed by atoms with Crippen LogP contribution in [-0.2, 0) is 4.79 Å². The van der Waals surface area contributed by atoms with Gasteiger partial charge in [0.05, 0.1) is 0 Å². The zero-order valence-corrected chi connectivity index (χ0v) is 13.1. The van der Waals surface area contributed by atoms with Crippen LogP contribution in [0.3, 0.4) is 0 Å². The SMILES string of the molecule is CCSc1nnc(NC(=O)/C=C/c2ccc(Cl)cc2)s1. The lowest BCUT2D eigenvalue weighted by molar-refractivity contribution is -0.111. The molecule has 4 nitrogen and oxygen atoms in total. The van der Waals surface area contributed by atoms with Crippen LogP contribution in [0, 0.1) is 0 Å². The molecule has 0 bridgehead atoms. The second-order valence-electron chi connectivity index (χ2n) is 3.68. The third kappa shape index (κ3) is 4.63. The van der Waals surface area contributed by atoms with Gasteiger partial charge in [0.15, 0.2) is 4.34 Å². The molecule has 1 aromatic heterocycles. The lowest BCUT2D eigenvalue weighted by atomic mass is 10.2. The molecule has 0 radical (unpaired) electrons. The van der Waals surface area contributed by atoms with Crippen molar-refractivity contribution in [3.63, 3.8) is 0 Å². The Labute approximate surface area is 130 Å². The molecule has 1 N–H and O–H groups in total. The predicted octanol–water partition coefficient (Wildman–Crippen LogP) is 3.96. The highest BCUT2D eigenvalue weighted by Gasteiger charge is 2.05. The Morgan fingerprint density at radius 1 is 1.40 bits per heavy atom. The number of hydrogen-bond acceptors (Lipinski definition) is 5. The number of carbonyl (C=O) groups is 1. The molecular formula is C13H12ClN3OS2. The number of hydrogen-bond donors (Lipinski definition) is 1. The predicted molar refractivity (Wildman–Crippen MR) is 85.4 cm³/mol. The van der Waals surface area contributed by atoms with Crippen molar-refractivity contribution in [1.29, 1.82) is 0 Å². The number of benzene rings is 1. The van der Waals surface area contributed by atoms with E-state index >= 15 is 0 Å². The molecule has 104 valence electrons. The van der Waals surface area contributed by atoms with E-state index < -0.39 is 0 Å². The molecule has 0 fully saturated rings. The van der Waals surface area contributed by atoms with Crippen LogP contribution >= 0.6 is 34.7 Å². The zero-order chi connectivity index (χ0) is 14.4. The molecule has 2 aromatic rings. The van der Waals surface area contributed by atoms with E-state index in [0.29, 0.717) is 10.2 Å². The summed E-state index contributed by atoms with van der Waals surface area (Å²) in [6, 6.07) is 7.23. The standard InChI is InChI=1S/C13H12ClN3OS2/c1-2-19-13-17-16-12(20-13)15-11(18)8-5-9-3-6-10(14)7-4-9/h3-8H,2H2,1H3,(H,15,16,18)/b8-5+. The molecular weight excluding hydrogens is 314 g/mol. The number of carbonyl (C=O) groups excluding carboxylic acids is 1. The van der Waals surface area contributed by atoms with Gasteiger partial charge in [-0.25, -0.2) is 0 Å². The monoisotopic (exact) mass is 325 g/mol. The summed E-state index contributed by atoms with van der Waals surface area (Å²) in [6.07, 6.45) is 3.17. The molecule has 1 heterocycles. The van der Waals surface area contributed by atoms with Gasteiger partial charge < -0.3 is 0 Å². The minimum atomic E-state index is -0.232. The van der Waals surface area contributed by atoms with Gasteiger partial charge in [-0.15, -0.1) is 10.2 Å². The maximum atomic E-state index is 11.7. The van der Waals surface area contributed by atoms with E-state index in [9.17, 15) is 4.79 Å². The van der Waals surface area contributed by atoms with Crippen LogP contribution in [0.15, 0.2) is 34.7 Å². The van der Waals surface area contributed by atoms with Crippen LogP contribution in [-0.4, -0.2) is 21.9 Å². The number of rotatable bonds is 5. The number of thioether (sulfide) groups is 1. The Morgan fingerprint density at radius 3 is 2.85 bits per heavy atom. The molecule has 0 spiro atoms. The second-order valence-corrected chi connectivity index (χ2v) is 6.61. The normalized spacial score (nSPS) is 10.9. The summed E-state index contributed by atoms with van der Waals surface area (Å²) in [6.45, 7) is 2.04. The van der Waals surface area contributed by atoms with Crippen LogP contribution in [0.1, 0.15) is 12.5 Å². The van der Waals surface area contributed by atoms with Crippen LogP contribution < -0.4 is 5.32 Å². The summed E-state index contributed by atoms with van der Waals surface area (Å²) in [5.41, 5.74) is 0.907. The molecule has 0 unspecified atom stereocenters.